The summed E-state index contributed by atoms with van der Waals surface area (Å²) in [5.74, 6) is -0.504. The fourth-order valence-corrected chi connectivity index (χ4v) is 3.37. The normalized spacial score (nSPS) is 14.3. The molecule has 0 spiro atoms. The monoisotopic (exact) mass is 470 g/mol. The van der Waals surface area contributed by atoms with Crippen molar-refractivity contribution in [1.29, 1.82) is 0 Å². The van der Waals surface area contributed by atoms with E-state index in [2.05, 4.69) is 9.97 Å². The average Bonchev–Trinajstić information content (AvgIpc) is 2.72. The molecular weight excluding hydrogens is 439 g/mol. The molecule has 34 heavy (non-hydrogen) atoms. The first-order valence-electron chi connectivity index (χ1n) is 11.3. The van der Waals surface area contributed by atoms with Gasteiger partial charge in [0.2, 0.25) is 0 Å². The third-order valence-electron chi connectivity index (χ3n) is 4.71. The lowest BCUT2D eigenvalue weighted by Gasteiger charge is -2.29. The fraction of sp³-hybridized carbons (Fsp3) is 0.480. The molecule has 0 fully saturated rings. The van der Waals surface area contributed by atoms with Crippen LogP contribution in [0.15, 0.2) is 30.7 Å². The summed E-state index contributed by atoms with van der Waals surface area (Å²) in [5.41, 5.74) is 0.267. The molecule has 2 amide bonds. The highest BCUT2D eigenvalue weighted by molar-refractivity contribution is 6.10. The van der Waals surface area contributed by atoms with Gasteiger partial charge in [-0.2, -0.15) is 4.90 Å². The molecule has 8 nitrogen and oxygen atoms in total. The minimum Gasteiger partial charge on any atom is -0.443 e. The van der Waals surface area contributed by atoms with Crippen LogP contribution in [-0.4, -0.2) is 38.3 Å². The maximum atomic E-state index is 13.8. The van der Waals surface area contributed by atoms with Gasteiger partial charge >= 0.3 is 12.2 Å². The zero-order valence-corrected chi connectivity index (χ0v) is 20.5. The van der Waals surface area contributed by atoms with Gasteiger partial charge in [-0.05, 0) is 78.9 Å². The van der Waals surface area contributed by atoms with Crippen LogP contribution in [0.3, 0.4) is 0 Å². The number of aromatic nitrogens is 3. The first-order chi connectivity index (χ1) is 15.8. The Balaban J connectivity index is 2.17. The molecule has 1 aliphatic rings. The van der Waals surface area contributed by atoms with Crippen molar-refractivity contribution in [3.8, 4) is 11.3 Å². The summed E-state index contributed by atoms with van der Waals surface area (Å²) in [4.78, 5) is 40.1. The Labute approximate surface area is 199 Å². The number of imide groups is 1. The Morgan fingerprint density at radius 2 is 1.62 bits per heavy atom. The molecule has 0 radical (unpaired) electrons. The Morgan fingerprint density at radius 1 is 0.971 bits per heavy atom. The van der Waals surface area contributed by atoms with E-state index >= 15 is 0 Å². The highest BCUT2D eigenvalue weighted by Crippen LogP contribution is 2.34. The van der Waals surface area contributed by atoms with Crippen molar-refractivity contribution in [2.45, 2.75) is 78.4 Å². The molecule has 9 heteroatoms. The van der Waals surface area contributed by atoms with E-state index in [1.165, 1.54) is 18.5 Å². The van der Waals surface area contributed by atoms with Crippen molar-refractivity contribution in [1.82, 2.24) is 15.0 Å². The predicted octanol–water partition coefficient (Wildman–Crippen LogP) is 6.31. The summed E-state index contributed by atoms with van der Waals surface area (Å²) in [6, 6.07) is 1.30. The van der Waals surface area contributed by atoms with E-state index in [9.17, 15) is 14.0 Å². The van der Waals surface area contributed by atoms with Crippen LogP contribution in [0.4, 0.5) is 19.8 Å². The van der Waals surface area contributed by atoms with Crippen LogP contribution in [0.2, 0.25) is 0 Å². The van der Waals surface area contributed by atoms with E-state index < -0.39 is 29.2 Å². The molecule has 182 valence electrons. The van der Waals surface area contributed by atoms with E-state index in [1.54, 1.807) is 41.5 Å². The molecule has 3 rings (SSSR count). The molecule has 0 unspecified atom stereocenters. The molecule has 2 aromatic rings. The second-order valence-electron chi connectivity index (χ2n) is 10.1. The quantitative estimate of drug-likeness (QED) is 0.518. The third kappa shape index (κ3) is 6.59. The lowest BCUT2D eigenvalue weighted by molar-refractivity contribution is 0.0428. The molecule has 0 saturated carbocycles. The molecule has 0 saturated heterocycles. The maximum Gasteiger partial charge on any atom is 0.425 e. The minimum atomic E-state index is -0.922. The van der Waals surface area contributed by atoms with E-state index in [0.29, 0.717) is 23.4 Å². The fourth-order valence-electron chi connectivity index (χ4n) is 3.37. The van der Waals surface area contributed by atoms with Gasteiger partial charge in [0.1, 0.15) is 22.7 Å². The second-order valence-corrected chi connectivity index (χ2v) is 10.1. The Bertz CT molecular complexity index is 1070. The van der Waals surface area contributed by atoms with Crippen molar-refractivity contribution < 1.29 is 23.5 Å². The number of carbonyl (C=O) groups excluding carboxylic acids is 2. The number of pyridine rings is 1. The molecule has 1 aliphatic carbocycles. The number of carbonyl (C=O) groups is 2. The van der Waals surface area contributed by atoms with E-state index in [-0.39, 0.29) is 5.82 Å². The highest BCUT2D eigenvalue weighted by Gasteiger charge is 2.36. The van der Waals surface area contributed by atoms with Gasteiger partial charge in [-0.3, -0.25) is 4.98 Å². The zero-order chi connectivity index (χ0) is 25.1. The van der Waals surface area contributed by atoms with Gasteiger partial charge in [0, 0.05) is 11.8 Å². The zero-order valence-electron chi connectivity index (χ0n) is 20.5. The van der Waals surface area contributed by atoms with Crippen molar-refractivity contribution in [3.63, 3.8) is 0 Å². The van der Waals surface area contributed by atoms with Crippen molar-refractivity contribution in [2.24, 2.45) is 0 Å². The first-order valence-corrected chi connectivity index (χ1v) is 11.3. The van der Waals surface area contributed by atoms with Gasteiger partial charge in [-0.15, -0.1) is 0 Å². The summed E-state index contributed by atoms with van der Waals surface area (Å²) < 4.78 is 24.8. The highest BCUT2D eigenvalue weighted by atomic mass is 19.1. The summed E-state index contributed by atoms with van der Waals surface area (Å²) >= 11 is 0. The second kappa shape index (κ2) is 9.87. The summed E-state index contributed by atoms with van der Waals surface area (Å²) in [7, 11) is 0. The molecule has 0 aromatic carbocycles. The summed E-state index contributed by atoms with van der Waals surface area (Å²) in [6.07, 6.45) is 7.62. The van der Waals surface area contributed by atoms with Crippen molar-refractivity contribution in [2.75, 3.05) is 4.90 Å². The van der Waals surface area contributed by atoms with Gasteiger partial charge in [0.05, 0.1) is 18.1 Å². The Hall–Kier alpha value is -3.36. The van der Waals surface area contributed by atoms with Crippen LogP contribution in [0, 0.1) is 5.82 Å². The van der Waals surface area contributed by atoms with Gasteiger partial charge in [-0.1, -0.05) is 6.08 Å². The van der Waals surface area contributed by atoms with Gasteiger partial charge in [0.15, 0.2) is 5.82 Å². The van der Waals surface area contributed by atoms with Crippen LogP contribution < -0.4 is 4.90 Å². The van der Waals surface area contributed by atoms with Gasteiger partial charge < -0.3 is 9.47 Å². The largest absolute Gasteiger partial charge is 0.443 e. The van der Waals surface area contributed by atoms with Gasteiger partial charge in [0.25, 0.3) is 0 Å². The average molecular weight is 471 g/mol. The molecule has 0 N–H and O–H groups in total. The molecule has 2 aromatic heterocycles. The summed E-state index contributed by atoms with van der Waals surface area (Å²) in [5, 5.41) is 0. The summed E-state index contributed by atoms with van der Waals surface area (Å²) in [6.45, 7) is 10.2. The first kappa shape index (κ1) is 25.3. The molecule has 0 aliphatic heterocycles. The van der Waals surface area contributed by atoms with E-state index in [1.807, 2.05) is 6.08 Å². The number of hydrogen-bond donors (Lipinski definition) is 0. The SMILES string of the molecule is CC(C)(C)OC(=O)N(C(=O)OC(C)(C)C)c1ncc(-c2cncc(F)c2)nc1C1=CCCCC1. The number of hydrogen-bond acceptors (Lipinski definition) is 7. The lowest BCUT2D eigenvalue weighted by atomic mass is 9.96. The number of amides is 2. The van der Waals surface area contributed by atoms with Crippen LogP contribution in [0.5, 0.6) is 0 Å². The smallest absolute Gasteiger partial charge is 0.425 e. The van der Waals surface area contributed by atoms with Crippen molar-refractivity contribution in [3.05, 3.63) is 42.2 Å². The van der Waals surface area contributed by atoms with Crippen molar-refractivity contribution >= 4 is 23.6 Å². The Morgan fingerprint density at radius 3 is 2.15 bits per heavy atom. The van der Waals surface area contributed by atoms with E-state index in [0.717, 1.165) is 35.9 Å². The molecule has 0 bridgehead atoms. The molecular formula is C25H31FN4O4. The topological polar surface area (TPSA) is 94.5 Å². The molecule has 2 heterocycles. The lowest BCUT2D eigenvalue weighted by Crippen LogP contribution is -2.44. The number of ether oxygens (including phenoxy) is 2. The number of allylic oxidation sites excluding steroid dienone is 2. The number of halogens is 1. The number of rotatable bonds is 3. The van der Waals surface area contributed by atoms with E-state index in [4.69, 9.17) is 14.5 Å². The van der Waals surface area contributed by atoms with Crippen LogP contribution in [0.1, 0.15) is 72.9 Å². The Kier molecular flexibility index (Phi) is 7.33. The minimum absolute atomic E-state index is 0.00441. The maximum absolute atomic E-state index is 13.8. The standard InChI is InChI=1S/C25H31FN4O4/c1-24(2,3)33-22(31)30(23(32)34-25(4,5)6)21-20(16-10-8-7-9-11-16)29-19(15-28-21)17-12-18(26)14-27-13-17/h10,12-15H,7-9,11H2,1-6H3. The predicted molar refractivity (Wildman–Crippen MR) is 127 cm³/mol. The van der Waals surface area contributed by atoms with Gasteiger partial charge in [-0.25, -0.2) is 23.9 Å². The molecule has 0 atom stereocenters. The van der Waals surface area contributed by atoms with Crippen LogP contribution >= 0.6 is 0 Å². The number of nitrogens with zero attached hydrogens (tertiary/aromatic N) is 4. The van der Waals surface area contributed by atoms with Crippen LogP contribution in [-0.2, 0) is 9.47 Å². The third-order valence-corrected chi connectivity index (χ3v) is 4.71. The number of anilines is 1. The van der Waals surface area contributed by atoms with Crippen LogP contribution in [0.25, 0.3) is 16.8 Å².